The van der Waals surface area contributed by atoms with Gasteiger partial charge in [0.25, 0.3) is 0 Å². The molecular weight excluding hydrogens is 349 g/mol. The highest BCUT2D eigenvalue weighted by molar-refractivity contribution is 7.15. The second-order valence-corrected chi connectivity index (χ2v) is 6.80. The lowest BCUT2D eigenvalue weighted by molar-refractivity contribution is 0.626. The van der Waals surface area contributed by atoms with Gasteiger partial charge in [0.15, 0.2) is 4.47 Å². The number of fused-ring (bicyclic) bond motifs is 1. The summed E-state index contributed by atoms with van der Waals surface area (Å²) in [5.74, 6) is -0.287. The van der Waals surface area contributed by atoms with Crippen molar-refractivity contribution in [3.63, 3.8) is 0 Å². The maximum absolute atomic E-state index is 13.0. The standard InChI is InChI=1S/C16H11ClFN5S/c17-16-20-9-13(24-16)8-19-11-3-6-14-15(7-11)22-23(21-14)12-4-1-10(18)2-5-12/h1-7,9,19H,8H2. The molecule has 24 heavy (non-hydrogen) atoms. The summed E-state index contributed by atoms with van der Waals surface area (Å²) in [6, 6.07) is 11.8. The Morgan fingerprint density at radius 1 is 1.08 bits per heavy atom. The van der Waals surface area contributed by atoms with Gasteiger partial charge in [0.05, 0.1) is 12.2 Å². The van der Waals surface area contributed by atoms with E-state index in [4.69, 9.17) is 11.6 Å². The molecule has 0 saturated heterocycles. The Labute approximate surface area is 145 Å². The Morgan fingerprint density at radius 3 is 2.62 bits per heavy atom. The zero-order valence-electron chi connectivity index (χ0n) is 12.3. The summed E-state index contributed by atoms with van der Waals surface area (Å²) in [5.41, 5.74) is 3.16. The van der Waals surface area contributed by atoms with E-state index in [-0.39, 0.29) is 5.82 Å². The number of aromatic nitrogens is 4. The van der Waals surface area contributed by atoms with Crippen LogP contribution in [-0.2, 0) is 6.54 Å². The lowest BCUT2D eigenvalue weighted by Gasteiger charge is -2.03. The third-order valence-corrected chi connectivity index (χ3v) is 4.54. The van der Waals surface area contributed by atoms with Crippen molar-refractivity contribution < 1.29 is 4.39 Å². The molecule has 0 fully saturated rings. The van der Waals surface area contributed by atoms with E-state index in [0.717, 1.165) is 21.6 Å². The van der Waals surface area contributed by atoms with Crippen LogP contribution in [0.1, 0.15) is 4.88 Å². The molecule has 2 aromatic carbocycles. The van der Waals surface area contributed by atoms with Crippen LogP contribution in [0.15, 0.2) is 48.7 Å². The average Bonchev–Trinajstić information content (AvgIpc) is 3.19. The smallest absolute Gasteiger partial charge is 0.183 e. The molecule has 0 radical (unpaired) electrons. The van der Waals surface area contributed by atoms with Crippen LogP contribution in [0, 0.1) is 5.82 Å². The molecule has 8 heteroatoms. The number of benzene rings is 2. The van der Waals surface area contributed by atoms with E-state index in [1.807, 2.05) is 18.2 Å². The molecule has 0 atom stereocenters. The summed E-state index contributed by atoms with van der Waals surface area (Å²) in [7, 11) is 0. The zero-order valence-corrected chi connectivity index (χ0v) is 13.9. The van der Waals surface area contributed by atoms with Crippen molar-refractivity contribution in [2.45, 2.75) is 6.54 Å². The molecule has 0 aliphatic heterocycles. The van der Waals surface area contributed by atoms with E-state index in [0.29, 0.717) is 16.7 Å². The fourth-order valence-corrected chi connectivity index (χ4v) is 3.19. The predicted molar refractivity (Wildman–Crippen MR) is 93.3 cm³/mol. The average molecular weight is 360 g/mol. The first-order valence-electron chi connectivity index (χ1n) is 7.14. The van der Waals surface area contributed by atoms with Gasteiger partial charge in [0, 0.05) is 16.8 Å². The summed E-state index contributed by atoms with van der Waals surface area (Å²) in [5, 5.41) is 12.2. The number of nitrogens with one attached hydrogen (secondary N) is 1. The molecule has 4 aromatic rings. The fraction of sp³-hybridized carbons (Fsp3) is 0.0625. The van der Waals surface area contributed by atoms with Gasteiger partial charge in [-0.25, -0.2) is 9.37 Å². The first kappa shape index (κ1) is 15.0. The van der Waals surface area contributed by atoms with E-state index < -0.39 is 0 Å². The fourth-order valence-electron chi connectivity index (χ4n) is 2.27. The summed E-state index contributed by atoms with van der Waals surface area (Å²) in [6.07, 6.45) is 1.75. The molecule has 0 unspecified atom stereocenters. The van der Waals surface area contributed by atoms with Crippen LogP contribution in [0.25, 0.3) is 16.7 Å². The molecule has 5 nitrogen and oxygen atoms in total. The third-order valence-electron chi connectivity index (χ3n) is 3.43. The number of hydrogen-bond acceptors (Lipinski definition) is 5. The van der Waals surface area contributed by atoms with Crippen LogP contribution in [0.3, 0.4) is 0 Å². The molecule has 0 spiro atoms. The molecule has 1 N–H and O–H groups in total. The van der Waals surface area contributed by atoms with Gasteiger partial charge in [-0.3, -0.25) is 0 Å². The van der Waals surface area contributed by atoms with Crippen LogP contribution in [-0.4, -0.2) is 20.0 Å². The number of halogens is 2. The Morgan fingerprint density at radius 2 is 1.88 bits per heavy atom. The van der Waals surface area contributed by atoms with Crippen LogP contribution in [0.5, 0.6) is 0 Å². The number of nitrogens with zero attached hydrogens (tertiary/aromatic N) is 4. The van der Waals surface area contributed by atoms with Gasteiger partial charge in [0.2, 0.25) is 0 Å². The van der Waals surface area contributed by atoms with Gasteiger partial charge in [-0.15, -0.1) is 21.5 Å². The van der Waals surface area contributed by atoms with Gasteiger partial charge >= 0.3 is 0 Å². The minimum Gasteiger partial charge on any atom is -0.380 e. The molecule has 0 amide bonds. The number of hydrogen-bond donors (Lipinski definition) is 1. The van der Waals surface area contributed by atoms with Gasteiger partial charge in [0.1, 0.15) is 16.9 Å². The monoisotopic (exact) mass is 359 g/mol. The maximum Gasteiger partial charge on any atom is 0.183 e. The quantitative estimate of drug-likeness (QED) is 0.591. The molecule has 0 bridgehead atoms. The highest BCUT2D eigenvalue weighted by Gasteiger charge is 2.06. The minimum atomic E-state index is -0.287. The Balaban J connectivity index is 1.57. The Kier molecular flexibility index (Phi) is 3.87. The van der Waals surface area contributed by atoms with Crippen molar-refractivity contribution in [2.24, 2.45) is 0 Å². The molecule has 0 aliphatic carbocycles. The SMILES string of the molecule is Fc1ccc(-n2nc3ccc(NCc4cnc(Cl)s4)cc3n2)cc1. The third kappa shape index (κ3) is 3.08. The number of rotatable bonds is 4. The van der Waals surface area contributed by atoms with Crippen molar-refractivity contribution in [1.82, 2.24) is 20.0 Å². The van der Waals surface area contributed by atoms with Gasteiger partial charge in [-0.1, -0.05) is 11.6 Å². The second-order valence-electron chi connectivity index (χ2n) is 5.10. The molecule has 120 valence electrons. The van der Waals surface area contributed by atoms with Crippen molar-refractivity contribution in [3.05, 3.63) is 63.8 Å². The highest BCUT2D eigenvalue weighted by Crippen LogP contribution is 2.21. The minimum absolute atomic E-state index is 0.287. The van der Waals surface area contributed by atoms with Gasteiger partial charge in [-0.05, 0) is 42.5 Å². The largest absolute Gasteiger partial charge is 0.380 e. The van der Waals surface area contributed by atoms with E-state index in [9.17, 15) is 4.39 Å². The Bertz CT molecular complexity index is 995. The van der Waals surface area contributed by atoms with E-state index in [1.165, 1.54) is 28.3 Å². The molecule has 4 rings (SSSR count). The van der Waals surface area contributed by atoms with Crippen molar-refractivity contribution in [3.8, 4) is 5.69 Å². The normalized spacial score (nSPS) is 11.1. The summed E-state index contributed by atoms with van der Waals surface area (Å²) >= 11 is 7.27. The first-order valence-corrected chi connectivity index (χ1v) is 8.34. The van der Waals surface area contributed by atoms with E-state index in [2.05, 4.69) is 20.5 Å². The molecule has 2 heterocycles. The summed E-state index contributed by atoms with van der Waals surface area (Å²) < 4.78 is 13.5. The first-order chi connectivity index (χ1) is 11.7. The maximum atomic E-state index is 13.0. The van der Waals surface area contributed by atoms with Crippen LogP contribution >= 0.6 is 22.9 Å². The highest BCUT2D eigenvalue weighted by atomic mass is 35.5. The second kappa shape index (κ2) is 6.18. The summed E-state index contributed by atoms with van der Waals surface area (Å²) in [6.45, 7) is 0.641. The summed E-state index contributed by atoms with van der Waals surface area (Å²) in [4.78, 5) is 6.56. The molecular formula is C16H11ClFN5S. The van der Waals surface area contributed by atoms with Crippen molar-refractivity contribution >= 4 is 39.7 Å². The van der Waals surface area contributed by atoms with Crippen molar-refractivity contribution in [1.29, 1.82) is 0 Å². The van der Waals surface area contributed by atoms with Crippen LogP contribution in [0.4, 0.5) is 10.1 Å². The van der Waals surface area contributed by atoms with Crippen LogP contribution in [0.2, 0.25) is 4.47 Å². The van der Waals surface area contributed by atoms with E-state index >= 15 is 0 Å². The van der Waals surface area contributed by atoms with Crippen LogP contribution < -0.4 is 5.32 Å². The predicted octanol–water partition coefficient (Wildman–Crippen LogP) is 4.28. The lowest BCUT2D eigenvalue weighted by Crippen LogP contribution is -1.98. The van der Waals surface area contributed by atoms with Gasteiger partial charge in [-0.2, -0.15) is 4.80 Å². The molecule has 0 aliphatic rings. The topological polar surface area (TPSA) is 55.6 Å². The zero-order chi connectivity index (χ0) is 16.5. The molecule has 0 saturated carbocycles. The van der Waals surface area contributed by atoms with Gasteiger partial charge < -0.3 is 5.32 Å². The van der Waals surface area contributed by atoms with E-state index in [1.54, 1.807) is 18.3 Å². The lowest BCUT2D eigenvalue weighted by atomic mass is 10.3. The number of thiazole rings is 1. The number of anilines is 1. The van der Waals surface area contributed by atoms with Crippen molar-refractivity contribution in [2.75, 3.05) is 5.32 Å². The Hall–Kier alpha value is -2.51. The molecule has 2 aromatic heterocycles.